The number of hydrogen-bond donors (Lipinski definition) is 0. The van der Waals surface area contributed by atoms with Crippen LogP contribution in [0.1, 0.15) is 40.0 Å². The highest BCUT2D eigenvalue weighted by atomic mass is 32.2. The molecule has 0 bridgehead atoms. The monoisotopic (exact) mass is 290 g/mol. The van der Waals surface area contributed by atoms with Crippen LogP contribution >= 0.6 is 0 Å². The molecule has 6 heteroatoms. The van der Waals surface area contributed by atoms with Crippen molar-refractivity contribution in [2.24, 2.45) is 5.92 Å². The van der Waals surface area contributed by atoms with Crippen LogP contribution in [-0.4, -0.2) is 55.4 Å². The van der Waals surface area contributed by atoms with Crippen LogP contribution in [0.4, 0.5) is 0 Å². The average Bonchev–Trinajstić information content (AvgIpc) is 3.11. The lowest BCUT2D eigenvalue weighted by Gasteiger charge is -2.37. The van der Waals surface area contributed by atoms with E-state index in [9.17, 15) is 8.42 Å². The number of ether oxygens (including phenoxy) is 1. The Morgan fingerprint density at radius 3 is 2.26 bits per heavy atom. The molecule has 2 rings (SSSR count). The molecule has 0 aromatic rings. The standard InChI is InChI=1S/C13H26N2O3S/c1-4-7-14(10-13-5-6-13)19(16,17)15-8-11(2)18-12(3)9-15/h11-13H,4-10H2,1-3H3/t11-,12-/m0/s1. The van der Waals surface area contributed by atoms with Crippen molar-refractivity contribution in [3.8, 4) is 0 Å². The molecule has 0 radical (unpaired) electrons. The van der Waals surface area contributed by atoms with Gasteiger partial charge in [-0.25, -0.2) is 0 Å². The second-order valence-corrected chi connectivity index (χ2v) is 7.81. The molecule has 1 aliphatic carbocycles. The van der Waals surface area contributed by atoms with Crippen molar-refractivity contribution in [2.45, 2.75) is 52.2 Å². The highest BCUT2D eigenvalue weighted by molar-refractivity contribution is 7.86. The Balaban J connectivity index is 2.08. The minimum Gasteiger partial charge on any atom is -0.373 e. The molecule has 19 heavy (non-hydrogen) atoms. The van der Waals surface area contributed by atoms with E-state index in [4.69, 9.17) is 4.74 Å². The summed E-state index contributed by atoms with van der Waals surface area (Å²) in [7, 11) is -3.32. The van der Waals surface area contributed by atoms with Crippen molar-refractivity contribution >= 4 is 10.2 Å². The van der Waals surface area contributed by atoms with Crippen LogP contribution in [0.5, 0.6) is 0 Å². The van der Waals surface area contributed by atoms with E-state index in [1.807, 2.05) is 20.8 Å². The van der Waals surface area contributed by atoms with Gasteiger partial charge in [-0.3, -0.25) is 0 Å². The van der Waals surface area contributed by atoms with E-state index in [2.05, 4.69) is 0 Å². The summed E-state index contributed by atoms with van der Waals surface area (Å²) < 4.78 is 34.3. The number of rotatable bonds is 6. The van der Waals surface area contributed by atoms with Gasteiger partial charge in [-0.05, 0) is 39.0 Å². The van der Waals surface area contributed by atoms with E-state index in [0.29, 0.717) is 32.1 Å². The van der Waals surface area contributed by atoms with Crippen LogP contribution in [0.25, 0.3) is 0 Å². The normalized spacial score (nSPS) is 29.9. The summed E-state index contributed by atoms with van der Waals surface area (Å²) in [6.07, 6.45) is 3.16. The van der Waals surface area contributed by atoms with Gasteiger partial charge in [-0.2, -0.15) is 17.0 Å². The number of morpholine rings is 1. The predicted molar refractivity (Wildman–Crippen MR) is 75.1 cm³/mol. The van der Waals surface area contributed by atoms with Gasteiger partial charge in [0.15, 0.2) is 0 Å². The number of nitrogens with zero attached hydrogens (tertiary/aromatic N) is 2. The van der Waals surface area contributed by atoms with Gasteiger partial charge in [0.1, 0.15) is 0 Å². The van der Waals surface area contributed by atoms with Crippen molar-refractivity contribution < 1.29 is 13.2 Å². The molecule has 2 fully saturated rings. The topological polar surface area (TPSA) is 49.9 Å². The van der Waals surface area contributed by atoms with Crippen LogP contribution in [0.2, 0.25) is 0 Å². The molecule has 112 valence electrons. The van der Waals surface area contributed by atoms with Crippen molar-refractivity contribution in [1.82, 2.24) is 8.61 Å². The van der Waals surface area contributed by atoms with Crippen LogP contribution in [-0.2, 0) is 14.9 Å². The Morgan fingerprint density at radius 2 is 1.79 bits per heavy atom. The first kappa shape index (κ1) is 15.2. The maximum Gasteiger partial charge on any atom is 0.282 e. The molecule has 0 amide bonds. The first-order chi connectivity index (χ1) is 8.93. The molecule has 2 atom stereocenters. The first-order valence-corrected chi connectivity index (χ1v) is 8.73. The fourth-order valence-electron chi connectivity index (χ4n) is 2.62. The van der Waals surface area contributed by atoms with E-state index in [1.54, 1.807) is 8.61 Å². The largest absolute Gasteiger partial charge is 0.373 e. The van der Waals surface area contributed by atoms with E-state index < -0.39 is 10.2 Å². The van der Waals surface area contributed by atoms with Crippen LogP contribution < -0.4 is 0 Å². The van der Waals surface area contributed by atoms with Gasteiger partial charge in [0, 0.05) is 26.2 Å². The molecule has 1 aliphatic heterocycles. The van der Waals surface area contributed by atoms with E-state index in [0.717, 1.165) is 6.42 Å². The summed E-state index contributed by atoms with van der Waals surface area (Å²) in [5, 5.41) is 0. The van der Waals surface area contributed by atoms with Crippen LogP contribution in [0.3, 0.4) is 0 Å². The summed E-state index contributed by atoms with van der Waals surface area (Å²) >= 11 is 0. The number of hydrogen-bond acceptors (Lipinski definition) is 3. The Hall–Kier alpha value is -0.170. The maximum atomic E-state index is 12.7. The smallest absolute Gasteiger partial charge is 0.282 e. The van der Waals surface area contributed by atoms with E-state index in [1.165, 1.54) is 12.8 Å². The maximum absolute atomic E-state index is 12.7. The molecule has 2 aliphatic rings. The summed E-state index contributed by atoms with van der Waals surface area (Å²) in [6, 6.07) is 0. The van der Waals surface area contributed by atoms with Gasteiger partial charge >= 0.3 is 0 Å². The van der Waals surface area contributed by atoms with E-state index >= 15 is 0 Å². The van der Waals surface area contributed by atoms with Crippen LogP contribution in [0.15, 0.2) is 0 Å². The zero-order valence-electron chi connectivity index (χ0n) is 12.2. The zero-order valence-corrected chi connectivity index (χ0v) is 13.0. The molecular weight excluding hydrogens is 264 g/mol. The Labute approximate surface area is 117 Å². The summed E-state index contributed by atoms with van der Waals surface area (Å²) in [5.74, 6) is 0.581. The molecule has 1 heterocycles. The third-order valence-electron chi connectivity index (χ3n) is 3.67. The lowest BCUT2D eigenvalue weighted by Crippen LogP contribution is -2.53. The van der Waals surface area contributed by atoms with Gasteiger partial charge in [-0.15, -0.1) is 0 Å². The lowest BCUT2D eigenvalue weighted by molar-refractivity contribution is -0.0455. The SMILES string of the molecule is CCCN(CC1CC1)S(=O)(=O)N1C[C@H](C)O[C@@H](C)C1. The second-order valence-electron chi connectivity index (χ2n) is 5.88. The Bertz CT molecular complexity index is 374. The quantitative estimate of drug-likeness (QED) is 0.744. The van der Waals surface area contributed by atoms with Gasteiger partial charge in [-0.1, -0.05) is 6.92 Å². The van der Waals surface area contributed by atoms with E-state index in [-0.39, 0.29) is 12.2 Å². The minimum absolute atomic E-state index is 0.0251. The van der Waals surface area contributed by atoms with Crippen molar-refractivity contribution in [3.63, 3.8) is 0 Å². The molecule has 5 nitrogen and oxygen atoms in total. The minimum atomic E-state index is -3.32. The summed E-state index contributed by atoms with van der Waals surface area (Å²) in [6.45, 7) is 8.15. The third kappa shape index (κ3) is 3.90. The fraction of sp³-hybridized carbons (Fsp3) is 1.00. The molecular formula is C13H26N2O3S. The average molecular weight is 290 g/mol. The van der Waals surface area contributed by atoms with Crippen molar-refractivity contribution in [3.05, 3.63) is 0 Å². The predicted octanol–water partition coefficient (Wildman–Crippen LogP) is 1.46. The van der Waals surface area contributed by atoms with Gasteiger partial charge < -0.3 is 4.74 Å². The van der Waals surface area contributed by atoms with Gasteiger partial charge in [0.25, 0.3) is 10.2 Å². The molecule has 1 saturated carbocycles. The molecule has 1 saturated heterocycles. The van der Waals surface area contributed by atoms with Crippen molar-refractivity contribution in [2.75, 3.05) is 26.2 Å². The highest BCUT2D eigenvalue weighted by Crippen LogP contribution is 2.31. The molecule has 0 aromatic carbocycles. The summed E-state index contributed by atoms with van der Waals surface area (Å²) in [4.78, 5) is 0. The third-order valence-corrected chi connectivity index (χ3v) is 5.61. The Morgan fingerprint density at radius 1 is 1.21 bits per heavy atom. The molecule has 0 aromatic heterocycles. The van der Waals surface area contributed by atoms with Gasteiger partial charge in [0.2, 0.25) is 0 Å². The highest BCUT2D eigenvalue weighted by Gasteiger charge is 2.37. The van der Waals surface area contributed by atoms with Crippen LogP contribution in [0, 0.1) is 5.92 Å². The zero-order chi connectivity index (χ0) is 14.0. The summed E-state index contributed by atoms with van der Waals surface area (Å²) in [5.41, 5.74) is 0. The fourth-order valence-corrected chi connectivity index (χ4v) is 4.56. The molecule has 0 N–H and O–H groups in total. The lowest BCUT2D eigenvalue weighted by atomic mass is 10.3. The van der Waals surface area contributed by atoms with Gasteiger partial charge in [0.05, 0.1) is 12.2 Å². The first-order valence-electron chi connectivity index (χ1n) is 7.34. The molecule has 0 spiro atoms. The second kappa shape index (κ2) is 6.08. The molecule has 0 unspecified atom stereocenters. The van der Waals surface area contributed by atoms with Crippen molar-refractivity contribution in [1.29, 1.82) is 0 Å². The Kier molecular flexibility index (Phi) is 4.87.